The molecule has 0 aromatic carbocycles. The molecule has 0 aliphatic carbocycles. The van der Waals surface area contributed by atoms with Gasteiger partial charge in [0.05, 0.1) is 0 Å². The Morgan fingerprint density at radius 3 is 2.52 bits per heavy atom. The molecule has 23 heavy (non-hydrogen) atoms. The quantitative estimate of drug-likeness (QED) is 0.816. The predicted molar refractivity (Wildman–Crippen MR) is 85.6 cm³/mol. The zero-order valence-corrected chi connectivity index (χ0v) is 14.7. The highest BCUT2D eigenvalue weighted by Gasteiger charge is 2.30. The molecule has 9 heteroatoms. The Hall–Kier alpha value is -1.45. The van der Waals surface area contributed by atoms with Crippen LogP contribution >= 0.6 is 11.3 Å². The largest absolute Gasteiger partial charge is 0.451 e. The number of sulfonamides is 1. The first kappa shape index (κ1) is 17.9. The van der Waals surface area contributed by atoms with Gasteiger partial charge in [0, 0.05) is 12.1 Å². The number of rotatable bonds is 4. The van der Waals surface area contributed by atoms with E-state index in [1.54, 1.807) is 4.90 Å². The monoisotopic (exact) mass is 360 g/mol. The number of likely N-dealkylation sites (tertiary alicyclic amines) is 1. The highest BCUT2D eigenvalue weighted by molar-refractivity contribution is 7.89. The molecule has 0 spiro atoms. The van der Waals surface area contributed by atoms with Crippen molar-refractivity contribution in [2.24, 2.45) is 5.14 Å². The summed E-state index contributed by atoms with van der Waals surface area (Å²) >= 11 is 0.914. The predicted octanol–water partition coefficient (Wildman–Crippen LogP) is 1.34. The normalized spacial score (nSPS) is 22.0. The fourth-order valence-electron chi connectivity index (χ4n) is 2.85. The Morgan fingerprint density at radius 2 is 1.96 bits per heavy atom. The van der Waals surface area contributed by atoms with Gasteiger partial charge in [-0.25, -0.2) is 18.4 Å². The summed E-state index contributed by atoms with van der Waals surface area (Å²) in [5.74, 6) is -1.12. The van der Waals surface area contributed by atoms with Gasteiger partial charge in [-0.05, 0) is 44.6 Å². The summed E-state index contributed by atoms with van der Waals surface area (Å²) in [5.41, 5.74) is 0. The average molecular weight is 360 g/mol. The van der Waals surface area contributed by atoms with Gasteiger partial charge in [0.1, 0.15) is 9.77 Å². The number of hydrogen-bond acceptors (Lipinski definition) is 6. The summed E-state index contributed by atoms with van der Waals surface area (Å²) < 4.78 is 27.8. The third-order valence-electron chi connectivity index (χ3n) is 3.93. The van der Waals surface area contributed by atoms with Crippen molar-refractivity contribution in [2.45, 2.75) is 50.1 Å². The van der Waals surface area contributed by atoms with E-state index in [4.69, 9.17) is 9.88 Å². The standard InChI is InChI=1S/C14H20N2O5S2/c1-9-4-3-5-10(2)16(9)12(17)8-21-14(18)13-11(6-7-22-13)23(15,19)20/h6-7,9-10H,3-5,8H2,1-2H3,(H2,15,19,20)/t9-,10-/m0/s1. The topological polar surface area (TPSA) is 107 Å². The van der Waals surface area contributed by atoms with Crippen molar-refractivity contribution in [3.63, 3.8) is 0 Å². The SMILES string of the molecule is C[C@H]1CCC[C@H](C)N1C(=O)COC(=O)c1sccc1S(N)(=O)=O. The Kier molecular flexibility index (Phi) is 5.43. The van der Waals surface area contributed by atoms with Gasteiger partial charge in [0.25, 0.3) is 5.91 Å². The molecule has 0 unspecified atom stereocenters. The van der Waals surface area contributed by atoms with Crippen LogP contribution in [0.3, 0.4) is 0 Å². The Morgan fingerprint density at radius 1 is 1.35 bits per heavy atom. The molecule has 1 amide bonds. The number of nitrogens with two attached hydrogens (primary N) is 1. The molecular weight excluding hydrogens is 340 g/mol. The number of esters is 1. The van der Waals surface area contributed by atoms with Gasteiger partial charge in [-0.15, -0.1) is 11.3 Å². The maximum absolute atomic E-state index is 12.3. The molecule has 7 nitrogen and oxygen atoms in total. The minimum atomic E-state index is -4.00. The van der Waals surface area contributed by atoms with Gasteiger partial charge < -0.3 is 9.64 Å². The first-order valence-corrected chi connectivity index (χ1v) is 9.73. The van der Waals surface area contributed by atoms with E-state index in [1.165, 1.54) is 11.4 Å². The van der Waals surface area contributed by atoms with Crippen LogP contribution < -0.4 is 5.14 Å². The molecule has 1 saturated heterocycles. The van der Waals surface area contributed by atoms with E-state index in [0.717, 1.165) is 30.6 Å². The van der Waals surface area contributed by atoms with Gasteiger partial charge in [0.2, 0.25) is 10.0 Å². The summed E-state index contributed by atoms with van der Waals surface area (Å²) in [4.78, 5) is 25.6. The van der Waals surface area contributed by atoms with E-state index in [2.05, 4.69) is 0 Å². The van der Waals surface area contributed by atoms with Crippen LogP contribution in [0, 0.1) is 0 Å². The van der Waals surface area contributed by atoms with Crippen LogP contribution in [0.5, 0.6) is 0 Å². The van der Waals surface area contributed by atoms with Gasteiger partial charge in [-0.1, -0.05) is 0 Å². The highest BCUT2D eigenvalue weighted by Crippen LogP contribution is 2.24. The number of carbonyl (C=O) groups is 2. The fourth-order valence-corrected chi connectivity index (χ4v) is 4.71. The molecule has 2 rings (SSSR count). The van der Waals surface area contributed by atoms with E-state index >= 15 is 0 Å². The molecular formula is C14H20N2O5S2. The van der Waals surface area contributed by atoms with Gasteiger partial charge in [-0.3, -0.25) is 4.79 Å². The molecule has 2 heterocycles. The third-order valence-corrected chi connectivity index (χ3v) is 5.91. The van der Waals surface area contributed by atoms with E-state index in [0.29, 0.717) is 0 Å². The fraction of sp³-hybridized carbons (Fsp3) is 0.571. The molecule has 1 aromatic heterocycles. The maximum atomic E-state index is 12.3. The van der Waals surface area contributed by atoms with E-state index in [-0.39, 0.29) is 27.8 Å². The number of piperidine rings is 1. The smallest absolute Gasteiger partial charge is 0.350 e. The van der Waals surface area contributed by atoms with Crippen molar-refractivity contribution in [3.8, 4) is 0 Å². The van der Waals surface area contributed by atoms with E-state index in [1.807, 2.05) is 13.8 Å². The Bertz CT molecular complexity index is 688. The minimum Gasteiger partial charge on any atom is -0.451 e. The van der Waals surface area contributed by atoms with Crippen molar-refractivity contribution >= 4 is 33.2 Å². The van der Waals surface area contributed by atoms with E-state index in [9.17, 15) is 18.0 Å². The minimum absolute atomic E-state index is 0.103. The number of amides is 1. The average Bonchev–Trinajstić information content (AvgIpc) is 2.94. The van der Waals surface area contributed by atoms with Crippen LogP contribution in [0.4, 0.5) is 0 Å². The summed E-state index contributed by atoms with van der Waals surface area (Å²) in [6.45, 7) is 3.52. The van der Waals surface area contributed by atoms with Crippen LogP contribution in [0.1, 0.15) is 42.8 Å². The number of ether oxygens (including phenoxy) is 1. The number of nitrogens with zero attached hydrogens (tertiary/aromatic N) is 1. The molecule has 2 atom stereocenters. The highest BCUT2D eigenvalue weighted by atomic mass is 32.2. The Balaban J connectivity index is 2.02. The third kappa shape index (κ3) is 4.10. The molecule has 0 radical (unpaired) electrons. The van der Waals surface area contributed by atoms with Gasteiger partial charge in [0.15, 0.2) is 6.61 Å². The van der Waals surface area contributed by atoms with Crippen LogP contribution in [0.25, 0.3) is 0 Å². The molecule has 1 aliphatic rings. The Labute approximate surface area is 139 Å². The molecule has 128 valence electrons. The summed E-state index contributed by atoms with van der Waals surface area (Å²) in [5, 5.41) is 6.48. The number of thiophene rings is 1. The van der Waals surface area contributed by atoms with Crippen LogP contribution in [0.15, 0.2) is 16.3 Å². The van der Waals surface area contributed by atoms with Crippen LogP contribution in [-0.4, -0.2) is 43.9 Å². The lowest BCUT2D eigenvalue weighted by Gasteiger charge is -2.38. The van der Waals surface area contributed by atoms with Gasteiger partial charge >= 0.3 is 5.97 Å². The number of carbonyl (C=O) groups excluding carboxylic acids is 2. The molecule has 1 aromatic rings. The van der Waals surface area contributed by atoms with Crippen molar-refractivity contribution in [1.29, 1.82) is 0 Å². The lowest BCUT2D eigenvalue weighted by Crippen LogP contribution is -2.49. The molecule has 1 fully saturated rings. The van der Waals surface area contributed by atoms with Crippen molar-refractivity contribution in [2.75, 3.05) is 6.61 Å². The molecule has 0 saturated carbocycles. The number of primary sulfonamides is 1. The zero-order chi connectivity index (χ0) is 17.2. The van der Waals surface area contributed by atoms with E-state index < -0.39 is 22.6 Å². The zero-order valence-electron chi connectivity index (χ0n) is 13.0. The molecule has 2 N–H and O–H groups in total. The van der Waals surface area contributed by atoms with Crippen molar-refractivity contribution in [1.82, 2.24) is 4.90 Å². The van der Waals surface area contributed by atoms with Gasteiger partial charge in [-0.2, -0.15) is 0 Å². The lowest BCUT2D eigenvalue weighted by atomic mass is 9.97. The second kappa shape index (κ2) is 6.98. The second-order valence-corrected chi connectivity index (χ2v) is 8.11. The summed E-state index contributed by atoms with van der Waals surface area (Å²) in [7, 11) is -4.00. The first-order valence-electron chi connectivity index (χ1n) is 7.30. The maximum Gasteiger partial charge on any atom is 0.350 e. The summed E-state index contributed by atoms with van der Waals surface area (Å²) in [6, 6.07) is 1.45. The van der Waals surface area contributed by atoms with Crippen LogP contribution in [-0.2, 0) is 19.6 Å². The van der Waals surface area contributed by atoms with Crippen molar-refractivity contribution in [3.05, 3.63) is 16.3 Å². The summed E-state index contributed by atoms with van der Waals surface area (Å²) in [6.07, 6.45) is 2.91. The first-order chi connectivity index (χ1) is 10.7. The molecule has 0 bridgehead atoms. The van der Waals surface area contributed by atoms with Crippen molar-refractivity contribution < 1.29 is 22.7 Å². The molecule has 1 aliphatic heterocycles. The second-order valence-electron chi connectivity index (χ2n) is 5.67. The van der Waals surface area contributed by atoms with Crippen LogP contribution in [0.2, 0.25) is 0 Å². The lowest BCUT2D eigenvalue weighted by molar-refractivity contribution is -0.140. The number of hydrogen-bond donors (Lipinski definition) is 1.